The van der Waals surface area contributed by atoms with Crippen molar-refractivity contribution in [3.63, 3.8) is 0 Å². The van der Waals surface area contributed by atoms with Crippen molar-refractivity contribution >= 4 is 17.5 Å². The number of carbonyl (C=O) groups is 3. The largest absolute Gasteiger partial charge is 0.466 e. The van der Waals surface area contributed by atoms with Crippen LogP contribution in [0.3, 0.4) is 0 Å². The predicted octanol–water partition coefficient (Wildman–Crippen LogP) is 3.15. The first-order valence-corrected chi connectivity index (χ1v) is 11.3. The van der Waals surface area contributed by atoms with Crippen LogP contribution < -0.4 is 0 Å². The Hall–Kier alpha value is -1.79. The van der Waals surface area contributed by atoms with Crippen LogP contribution >= 0.6 is 0 Å². The van der Waals surface area contributed by atoms with E-state index in [2.05, 4.69) is 0 Å². The molecule has 31 heavy (non-hydrogen) atoms. The van der Waals surface area contributed by atoms with E-state index in [0.717, 1.165) is 12.8 Å². The van der Waals surface area contributed by atoms with E-state index in [1.54, 1.807) is 6.08 Å². The summed E-state index contributed by atoms with van der Waals surface area (Å²) < 4.78 is 18.8. The molecule has 5 bridgehead atoms. The first kappa shape index (κ1) is 19.9. The fourth-order valence-corrected chi connectivity index (χ4v) is 8.69. The Balaban J connectivity index is 1.65. The molecule has 2 saturated heterocycles. The Morgan fingerprint density at radius 2 is 1.94 bits per heavy atom. The van der Waals surface area contributed by atoms with Gasteiger partial charge in [0.25, 0.3) is 0 Å². The summed E-state index contributed by atoms with van der Waals surface area (Å²) in [5.74, 6) is -1.11. The van der Waals surface area contributed by atoms with Crippen LogP contribution in [0.4, 0.5) is 0 Å². The molecule has 4 fully saturated rings. The SMILES string of the molecule is COC(=O)C1=C[C@]2(C)C[C@@]34CC[C@@H]5[C@H](C=CC(=O)C5(C)C)[C@]35OC[C@]14[C@](C)(CC2=O)O5. The first-order chi connectivity index (χ1) is 14.4. The van der Waals surface area contributed by atoms with Gasteiger partial charge in [0.15, 0.2) is 11.6 Å². The zero-order chi connectivity index (χ0) is 22.2. The number of hydrogen-bond donors (Lipinski definition) is 0. The van der Waals surface area contributed by atoms with E-state index in [9.17, 15) is 14.4 Å². The zero-order valence-corrected chi connectivity index (χ0v) is 18.9. The van der Waals surface area contributed by atoms with Crippen molar-refractivity contribution in [1.82, 2.24) is 0 Å². The fraction of sp³-hybridized carbons (Fsp3) is 0.720. The Labute approximate surface area is 182 Å². The minimum atomic E-state index is -0.950. The third kappa shape index (κ3) is 1.75. The maximum atomic E-state index is 13.4. The van der Waals surface area contributed by atoms with E-state index in [1.807, 2.05) is 39.8 Å². The highest BCUT2D eigenvalue weighted by molar-refractivity contribution is 5.98. The summed E-state index contributed by atoms with van der Waals surface area (Å²) in [6.45, 7) is 8.30. The van der Waals surface area contributed by atoms with Gasteiger partial charge < -0.3 is 14.2 Å². The Kier molecular flexibility index (Phi) is 3.35. The molecule has 166 valence electrons. The lowest BCUT2D eigenvalue weighted by atomic mass is 9.42. The number of fused-ring (bicyclic) bond motifs is 2. The van der Waals surface area contributed by atoms with Gasteiger partial charge in [0.05, 0.1) is 24.7 Å². The number of ketones is 2. The summed E-state index contributed by atoms with van der Waals surface area (Å²) >= 11 is 0. The van der Waals surface area contributed by atoms with Crippen molar-refractivity contribution in [1.29, 1.82) is 0 Å². The average Bonchev–Trinajstić information content (AvgIpc) is 3.05. The lowest BCUT2D eigenvalue weighted by Gasteiger charge is -2.59. The smallest absolute Gasteiger partial charge is 0.334 e. The molecule has 2 spiro atoms. The quantitative estimate of drug-likeness (QED) is 0.600. The Morgan fingerprint density at radius 1 is 1.19 bits per heavy atom. The third-order valence-electron chi connectivity index (χ3n) is 10.2. The molecule has 5 aliphatic carbocycles. The van der Waals surface area contributed by atoms with Crippen molar-refractivity contribution in [2.24, 2.45) is 33.5 Å². The van der Waals surface area contributed by atoms with Crippen molar-refractivity contribution < 1.29 is 28.6 Å². The van der Waals surface area contributed by atoms with Crippen molar-refractivity contribution in [2.45, 2.75) is 64.8 Å². The van der Waals surface area contributed by atoms with Crippen LogP contribution in [0.15, 0.2) is 23.8 Å². The molecule has 7 aliphatic rings. The number of esters is 1. The molecule has 2 saturated carbocycles. The number of ether oxygens (including phenoxy) is 3. The number of hydrogen-bond acceptors (Lipinski definition) is 6. The maximum Gasteiger partial charge on any atom is 0.334 e. The predicted molar refractivity (Wildman–Crippen MR) is 110 cm³/mol. The first-order valence-electron chi connectivity index (χ1n) is 11.3. The fourth-order valence-electron chi connectivity index (χ4n) is 8.69. The van der Waals surface area contributed by atoms with Gasteiger partial charge in [-0.25, -0.2) is 4.79 Å². The normalized spacial score (nSPS) is 53.0. The van der Waals surface area contributed by atoms with Crippen molar-refractivity contribution in [3.8, 4) is 0 Å². The van der Waals surface area contributed by atoms with Crippen molar-refractivity contribution in [3.05, 3.63) is 23.8 Å². The molecule has 0 aromatic rings. The van der Waals surface area contributed by atoms with E-state index >= 15 is 0 Å². The molecule has 6 nitrogen and oxygen atoms in total. The third-order valence-corrected chi connectivity index (χ3v) is 10.2. The van der Waals surface area contributed by atoms with Gasteiger partial charge in [-0.3, -0.25) is 9.59 Å². The molecule has 7 atom stereocenters. The second kappa shape index (κ2) is 5.23. The highest BCUT2D eigenvalue weighted by Gasteiger charge is 2.90. The lowest BCUT2D eigenvalue weighted by molar-refractivity contribution is -0.331. The number of rotatable bonds is 1. The van der Waals surface area contributed by atoms with E-state index in [0.29, 0.717) is 18.6 Å². The van der Waals surface area contributed by atoms with Gasteiger partial charge in [-0.1, -0.05) is 26.0 Å². The van der Waals surface area contributed by atoms with Crippen LogP contribution in [-0.2, 0) is 28.6 Å². The second-order valence-corrected chi connectivity index (χ2v) is 11.6. The standard InChI is InChI=1S/C25H30O6/c1-20(2)14-8-9-23-12-21(3)10-16(19(28)29-5)24(23)13-30-25(23,15(14)6-7-17(20)26)31-22(24,4)11-18(21)27/h6-7,10,14-15H,8-9,11-13H2,1-5H3/t14-,15+,21-,22+,23-,24-,25-/m1/s1. The van der Waals surface area contributed by atoms with Crippen LogP contribution in [0, 0.1) is 33.5 Å². The van der Waals surface area contributed by atoms with Crippen LogP contribution in [0.1, 0.15) is 53.4 Å². The summed E-state index contributed by atoms with van der Waals surface area (Å²) in [7, 11) is 1.39. The molecular weight excluding hydrogens is 396 g/mol. The van der Waals surface area contributed by atoms with Gasteiger partial charge in [0.2, 0.25) is 0 Å². The number of Topliss-reactive ketones (excluding diaryl/α,β-unsaturated/α-hetero) is 1. The molecule has 0 N–H and O–H groups in total. The van der Waals surface area contributed by atoms with E-state index in [4.69, 9.17) is 14.2 Å². The van der Waals surface area contributed by atoms with Crippen LogP contribution in [0.5, 0.6) is 0 Å². The molecule has 0 aromatic heterocycles. The second-order valence-electron chi connectivity index (χ2n) is 11.6. The van der Waals surface area contributed by atoms with Crippen LogP contribution in [0.25, 0.3) is 0 Å². The molecule has 0 aromatic carbocycles. The topological polar surface area (TPSA) is 78.9 Å². The molecule has 0 amide bonds. The molecular formula is C25H30O6. The van der Waals surface area contributed by atoms with Crippen LogP contribution in [-0.4, -0.2) is 42.6 Å². The molecule has 6 heteroatoms. The number of carbonyl (C=O) groups excluding carboxylic acids is 3. The number of allylic oxidation sites excluding steroid dienone is 2. The van der Waals surface area contributed by atoms with Gasteiger partial charge in [-0.05, 0) is 45.1 Å². The highest BCUT2D eigenvalue weighted by atomic mass is 16.7. The van der Waals surface area contributed by atoms with Gasteiger partial charge >= 0.3 is 5.97 Å². The summed E-state index contributed by atoms with van der Waals surface area (Å²) in [6, 6.07) is 0. The van der Waals surface area contributed by atoms with Gasteiger partial charge in [-0.15, -0.1) is 0 Å². The molecule has 0 radical (unpaired) electrons. The van der Waals surface area contributed by atoms with E-state index in [-0.39, 0.29) is 29.8 Å². The summed E-state index contributed by atoms with van der Waals surface area (Å²) in [6.07, 6.45) is 7.97. The average molecular weight is 427 g/mol. The van der Waals surface area contributed by atoms with Crippen molar-refractivity contribution in [2.75, 3.05) is 13.7 Å². The summed E-state index contributed by atoms with van der Waals surface area (Å²) in [5, 5.41) is 0. The van der Waals surface area contributed by atoms with E-state index < -0.39 is 39.0 Å². The minimum absolute atomic E-state index is 0.0858. The molecule has 2 heterocycles. The monoisotopic (exact) mass is 426 g/mol. The van der Waals surface area contributed by atoms with Gasteiger partial charge in [0.1, 0.15) is 5.78 Å². The number of methoxy groups -OCH3 is 1. The summed E-state index contributed by atoms with van der Waals surface area (Å²) in [5.41, 5.74) is -2.83. The summed E-state index contributed by atoms with van der Waals surface area (Å²) in [4.78, 5) is 39.3. The Bertz CT molecular complexity index is 1020. The van der Waals surface area contributed by atoms with Gasteiger partial charge in [-0.2, -0.15) is 0 Å². The zero-order valence-electron chi connectivity index (χ0n) is 18.9. The minimum Gasteiger partial charge on any atom is -0.466 e. The van der Waals surface area contributed by atoms with E-state index in [1.165, 1.54) is 7.11 Å². The highest BCUT2D eigenvalue weighted by Crippen LogP contribution is 2.83. The van der Waals surface area contributed by atoms with Gasteiger partial charge in [0, 0.05) is 34.2 Å². The maximum absolute atomic E-state index is 13.4. The lowest BCUT2D eigenvalue weighted by Crippen LogP contribution is -2.63. The molecule has 0 unspecified atom stereocenters. The van der Waals surface area contributed by atoms with Crippen LogP contribution in [0.2, 0.25) is 0 Å². The molecule has 7 rings (SSSR count). The molecule has 2 aliphatic heterocycles. The Morgan fingerprint density at radius 3 is 2.65 bits per heavy atom.